The van der Waals surface area contributed by atoms with E-state index in [2.05, 4.69) is 31.1 Å². The summed E-state index contributed by atoms with van der Waals surface area (Å²) in [5.41, 5.74) is 4.88. The van der Waals surface area contributed by atoms with E-state index >= 15 is 0 Å². The van der Waals surface area contributed by atoms with Crippen molar-refractivity contribution in [2.75, 3.05) is 6.61 Å². The molecule has 0 saturated carbocycles. The Bertz CT molecular complexity index is 515. The van der Waals surface area contributed by atoms with Crippen molar-refractivity contribution in [3.8, 4) is 17.2 Å². The predicted octanol–water partition coefficient (Wildman–Crippen LogP) is 2.88. The summed E-state index contributed by atoms with van der Waals surface area (Å²) in [4.78, 5) is 11.7. The zero-order valence-corrected chi connectivity index (χ0v) is 11.5. The minimum Gasteiger partial charge on any atom is -0.492 e. The van der Waals surface area contributed by atoms with Gasteiger partial charge in [-0.15, -0.1) is 5.54 Å². The van der Waals surface area contributed by atoms with Gasteiger partial charge in [0.15, 0.2) is 5.78 Å². The third-order valence-electron chi connectivity index (χ3n) is 2.45. The molecule has 0 N–H and O–H groups in total. The van der Waals surface area contributed by atoms with Gasteiger partial charge in [0.1, 0.15) is 13.8 Å². The van der Waals surface area contributed by atoms with Crippen LogP contribution < -0.4 is 4.74 Å². The van der Waals surface area contributed by atoms with Gasteiger partial charge >= 0.3 is 0 Å². The zero-order chi connectivity index (χ0) is 12.5. The maximum absolute atomic E-state index is 11.7. The Morgan fingerprint density at radius 2 is 2.06 bits per heavy atom. The van der Waals surface area contributed by atoms with E-state index in [9.17, 15) is 4.79 Å². The molecule has 0 bridgehead atoms. The lowest BCUT2D eigenvalue weighted by molar-refractivity contribution is 0.0933. The van der Waals surface area contributed by atoms with E-state index in [1.54, 1.807) is 0 Å². The summed E-state index contributed by atoms with van der Waals surface area (Å²) >= 11 is 0. The van der Waals surface area contributed by atoms with Gasteiger partial charge in [-0.2, -0.15) is 0 Å². The van der Waals surface area contributed by atoms with E-state index in [1.165, 1.54) is 0 Å². The highest BCUT2D eigenvalue weighted by Crippen LogP contribution is 2.25. The minimum absolute atomic E-state index is 0.155. The third kappa shape index (κ3) is 2.98. The number of fused-ring (bicyclic) bond motifs is 1. The first-order chi connectivity index (χ1) is 7.96. The molecule has 0 saturated heterocycles. The van der Waals surface area contributed by atoms with Crippen LogP contribution in [0.15, 0.2) is 18.2 Å². The standard InChI is InChI=1S/C14H16O2Si/c1-17(2,3)9-7-11-4-5-14-12(10-11)13(15)6-8-16-14/h4-5,10H,6,8H2,1-3H3. The fourth-order valence-corrected chi connectivity index (χ4v) is 2.12. The number of ketones is 1. The largest absolute Gasteiger partial charge is 0.492 e. The van der Waals surface area contributed by atoms with Crippen molar-refractivity contribution in [2.24, 2.45) is 0 Å². The molecule has 17 heavy (non-hydrogen) atoms. The van der Waals surface area contributed by atoms with Crippen molar-refractivity contribution < 1.29 is 9.53 Å². The van der Waals surface area contributed by atoms with Gasteiger partial charge < -0.3 is 4.74 Å². The van der Waals surface area contributed by atoms with E-state index in [0.29, 0.717) is 24.3 Å². The number of carbonyl (C=O) groups is 1. The van der Waals surface area contributed by atoms with Crippen LogP contribution in [0.25, 0.3) is 0 Å². The Balaban J connectivity index is 2.35. The fourth-order valence-electron chi connectivity index (χ4n) is 1.60. The fraction of sp³-hybridized carbons (Fsp3) is 0.357. The summed E-state index contributed by atoms with van der Waals surface area (Å²) in [7, 11) is -1.37. The number of carbonyl (C=O) groups excluding carboxylic acids is 1. The van der Waals surface area contributed by atoms with Crippen LogP contribution in [0.1, 0.15) is 22.3 Å². The summed E-state index contributed by atoms with van der Waals surface area (Å²) < 4.78 is 5.43. The highest BCUT2D eigenvalue weighted by Gasteiger charge is 2.18. The van der Waals surface area contributed by atoms with Crippen LogP contribution in [0.4, 0.5) is 0 Å². The van der Waals surface area contributed by atoms with Gasteiger partial charge in [-0.05, 0) is 18.2 Å². The zero-order valence-electron chi connectivity index (χ0n) is 10.5. The van der Waals surface area contributed by atoms with Crippen LogP contribution in [0.3, 0.4) is 0 Å². The molecule has 1 aromatic rings. The Morgan fingerprint density at radius 1 is 1.29 bits per heavy atom. The lowest BCUT2D eigenvalue weighted by Crippen LogP contribution is -2.16. The SMILES string of the molecule is C[Si](C)(C)C#Cc1ccc2c(c1)C(=O)CCO2. The van der Waals surface area contributed by atoms with E-state index in [1.807, 2.05) is 18.2 Å². The number of benzene rings is 1. The Labute approximate surface area is 103 Å². The molecule has 3 heteroatoms. The molecular weight excluding hydrogens is 228 g/mol. The summed E-state index contributed by atoms with van der Waals surface area (Å²) in [6.07, 6.45) is 0.470. The van der Waals surface area contributed by atoms with Crippen molar-refractivity contribution in [1.82, 2.24) is 0 Å². The van der Waals surface area contributed by atoms with E-state index in [-0.39, 0.29) is 5.78 Å². The van der Waals surface area contributed by atoms with E-state index < -0.39 is 8.07 Å². The molecular formula is C14H16O2Si. The Kier molecular flexibility index (Phi) is 3.08. The molecule has 1 aromatic carbocycles. The van der Waals surface area contributed by atoms with Gasteiger partial charge in [-0.25, -0.2) is 0 Å². The maximum Gasteiger partial charge on any atom is 0.170 e. The molecule has 2 nitrogen and oxygen atoms in total. The van der Waals surface area contributed by atoms with Crippen LogP contribution >= 0.6 is 0 Å². The van der Waals surface area contributed by atoms with Crippen LogP contribution in [0.5, 0.6) is 5.75 Å². The highest BCUT2D eigenvalue weighted by molar-refractivity contribution is 6.83. The van der Waals surface area contributed by atoms with Crippen LogP contribution in [-0.2, 0) is 0 Å². The molecule has 1 aliphatic rings. The first-order valence-corrected chi connectivity index (χ1v) is 9.29. The van der Waals surface area contributed by atoms with E-state index in [0.717, 1.165) is 5.56 Å². The second-order valence-corrected chi connectivity index (χ2v) is 9.98. The summed E-state index contributed by atoms with van der Waals surface area (Å²) in [6, 6.07) is 5.62. The Morgan fingerprint density at radius 3 is 2.76 bits per heavy atom. The topological polar surface area (TPSA) is 26.3 Å². The highest BCUT2D eigenvalue weighted by atomic mass is 28.3. The van der Waals surface area contributed by atoms with Crippen molar-refractivity contribution in [2.45, 2.75) is 26.1 Å². The normalized spacial score (nSPS) is 14.4. The monoisotopic (exact) mass is 244 g/mol. The van der Waals surface area contributed by atoms with Gasteiger partial charge in [0.25, 0.3) is 0 Å². The van der Waals surface area contributed by atoms with Crippen molar-refractivity contribution in [1.29, 1.82) is 0 Å². The first-order valence-electron chi connectivity index (χ1n) is 5.79. The molecule has 2 rings (SSSR count). The summed E-state index contributed by atoms with van der Waals surface area (Å²) in [5, 5.41) is 0. The van der Waals surface area contributed by atoms with Gasteiger partial charge in [0.2, 0.25) is 0 Å². The van der Waals surface area contributed by atoms with Crippen LogP contribution in [0.2, 0.25) is 19.6 Å². The van der Waals surface area contributed by atoms with Crippen molar-refractivity contribution >= 4 is 13.9 Å². The van der Waals surface area contributed by atoms with Crippen LogP contribution in [-0.4, -0.2) is 20.5 Å². The van der Waals surface area contributed by atoms with Gasteiger partial charge in [0, 0.05) is 12.0 Å². The third-order valence-corrected chi connectivity index (χ3v) is 3.32. The van der Waals surface area contributed by atoms with Crippen LogP contribution in [0, 0.1) is 11.5 Å². The predicted molar refractivity (Wildman–Crippen MR) is 71.1 cm³/mol. The van der Waals surface area contributed by atoms with E-state index in [4.69, 9.17) is 4.74 Å². The lowest BCUT2D eigenvalue weighted by atomic mass is 10.0. The Hall–Kier alpha value is -1.53. The summed E-state index contributed by atoms with van der Waals surface area (Å²) in [6.45, 7) is 7.10. The molecule has 0 fully saturated rings. The molecule has 1 aliphatic heterocycles. The number of rotatable bonds is 0. The molecule has 0 atom stereocenters. The molecule has 0 spiro atoms. The number of hydrogen-bond donors (Lipinski definition) is 0. The summed E-state index contributed by atoms with van der Waals surface area (Å²) in [5.74, 6) is 4.01. The molecule has 0 aliphatic carbocycles. The average molecular weight is 244 g/mol. The second-order valence-electron chi connectivity index (χ2n) is 5.23. The maximum atomic E-state index is 11.7. The average Bonchev–Trinajstić information content (AvgIpc) is 2.26. The first kappa shape index (κ1) is 11.9. The second kappa shape index (κ2) is 4.38. The smallest absolute Gasteiger partial charge is 0.170 e. The lowest BCUT2D eigenvalue weighted by Gasteiger charge is -2.15. The molecule has 0 amide bonds. The van der Waals surface area contributed by atoms with Gasteiger partial charge in [-0.3, -0.25) is 4.79 Å². The number of hydrogen-bond acceptors (Lipinski definition) is 2. The number of Topliss-reactive ketones (excluding diaryl/α,β-unsaturated/α-hetero) is 1. The number of ether oxygens (including phenoxy) is 1. The molecule has 0 unspecified atom stereocenters. The minimum atomic E-state index is -1.37. The quantitative estimate of drug-likeness (QED) is 0.518. The van der Waals surface area contributed by atoms with Crippen molar-refractivity contribution in [3.63, 3.8) is 0 Å². The molecule has 0 radical (unpaired) electrons. The molecule has 0 aromatic heterocycles. The molecule has 1 heterocycles. The van der Waals surface area contributed by atoms with Gasteiger partial charge in [0.05, 0.1) is 12.2 Å². The molecule has 88 valence electrons. The van der Waals surface area contributed by atoms with Crippen molar-refractivity contribution in [3.05, 3.63) is 29.3 Å². The van der Waals surface area contributed by atoms with Gasteiger partial charge in [-0.1, -0.05) is 25.6 Å².